The van der Waals surface area contributed by atoms with Crippen molar-refractivity contribution in [3.63, 3.8) is 0 Å². The third-order valence-electron chi connectivity index (χ3n) is 3.46. The van der Waals surface area contributed by atoms with Crippen molar-refractivity contribution in [3.8, 4) is 0 Å². The molecule has 0 bridgehead atoms. The van der Waals surface area contributed by atoms with Crippen LogP contribution in [0, 0.1) is 0 Å². The van der Waals surface area contributed by atoms with Gasteiger partial charge in [0.2, 0.25) is 0 Å². The van der Waals surface area contributed by atoms with Crippen LogP contribution in [0.25, 0.3) is 0 Å². The Kier molecular flexibility index (Phi) is 8.17. The van der Waals surface area contributed by atoms with Crippen LogP contribution < -0.4 is 21.9 Å². The van der Waals surface area contributed by atoms with Gasteiger partial charge in [-0.1, -0.05) is 11.7 Å². The van der Waals surface area contributed by atoms with E-state index < -0.39 is 35.0 Å². The van der Waals surface area contributed by atoms with Crippen LogP contribution in [0.5, 0.6) is 0 Å². The maximum atomic E-state index is 12.4. The molecule has 27 heavy (non-hydrogen) atoms. The first-order valence-corrected chi connectivity index (χ1v) is 8.30. The summed E-state index contributed by atoms with van der Waals surface area (Å²) >= 11 is 0. The van der Waals surface area contributed by atoms with Crippen molar-refractivity contribution in [2.45, 2.75) is 58.5 Å². The van der Waals surface area contributed by atoms with Gasteiger partial charge in [0.25, 0.3) is 0 Å². The molecule has 150 valence electrons. The van der Waals surface area contributed by atoms with Crippen molar-refractivity contribution in [2.75, 3.05) is 0 Å². The average molecular weight is 387 g/mol. The molecule has 0 aromatic carbocycles. The first-order valence-electron chi connectivity index (χ1n) is 8.30. The minimum absolute atomic E-state index is 0.0664. The van der Waals surface area contributed by atoms with Crippen LogP contribution in [0.15, 0.2) is 14.4 Å². The van der Waals surface area contributed by atoms with E-state index in [1.54, 1.807) is 6.92 Å². The summed E-state index contributed by atoms with van der Waals surface area (Å²) in [5, 5.41) is 17.4. The number of carboxylic acids is 2. The van der Waals surface area contributed by atoms with Crippen molar-refractivity contribution in [3.05, 3.63) is 31.5 Å². The van der Waals surface area contributed by atoms with E-state index in [-0.39, 0.29) is 49.9 Å². The van der Waals surface area contributed by atoms with E-state index >= 15 is 0 Å². The number of carboxylic acid groups (broad SMARTS) is 2. The lowest BCUT2D eigenvalue weighted by Crippen LogP contribution is -2.57. The summed E-state index contributed by atoms with van der Waals surface area (Å²) in [4.78, 5) is 74.8. The number of aliphatic carboxylic acids is 2. The van der Waals surface area contributed by atoms with Crippen molar-refractivity contribution < 1.29 is 29.4 Å². The first-order chi connectivity index (χ1) is 12.7. The maximum absolute atomic E-state index is 12.4. The molecule has 0 atom stereocenters. The number of carbonyl (C=O) groups excluding carboxylic acids is 1. The number of aromatic nitrogens is 3. The summed E-state index contributed by atoms with van der Waals surface area (Å²) in [7, 11) is 0. The molecule has 0 saturated carbocycles. The standard InChI is InChI=1S/C15H21N3O9/c1-2-5-12(23)27-18-14(25)16(8-3-6-10(19)20)13(24)17(15(18)26)9-4-7-11(21)22/h2-9H2,1H3,(H,19,20)(H,21,22). The number of hydrogen-bond donors (Lipinski definition) is 2. The van der Waals surface area contributed by atoms with Gasteiger partial charge in [0.1, 0.15) is 0 Å². The predicted octanol–water partition coefficient (Wildman–Crippen LogP) is -1.34. The fraction of sp³-hybridized carbons (Fsp3) is 0.600. The quantitative estimate of drug-likeness (QED) is 0.467. The lowest BCUT2D eigenvalue weighted by Gasteiger charge is -2.13. The van der Waals surface area contributed by atoms with Gasteiger partial charge in [-0.3, -0.25) is 9.59 Å². The molecule has 2 N–H and O–H groups in total. The molecule has 0 radical (unpaired) electrons. The zero-order valence-corrected chi connectivity index (χ0v) is 14.8. The van der Waals surface area contributed by atoms with Crippen LogP contribution in [0.1, 0.15) is 45.4 Å². The zero-order valence-electron chi connectivity index (χ0n) is 14.8. The molecule has 1 rings (SSSR count). The largest absolute Gasteiger partial charge is 0.481 e. The number of hydrogen-bond acceptors (Lipinski definition) is 7. The van der Waals surface area contributed by atoms with E-state index in [2.05, 4.69) is 0 Å². The fourth-order valence-corrected chi connectivity index (χ4v) is 2.20. The first kappa shape index (κ1) is 21.9. The van der Waals surface area contributed by atoms with E-state index in [0.29, 0.717) is 15.6 Å². The van der Waals surface area contributed by atoms with Crippen LogP contribution in [-0.4, -0.2) is 42.0 Å². The zero-order chi connectivity index (χ0) is 20.6. The van der Waals surface area contributed by atoms with E-state index in [1.165, 1.54) is 0 Å². The van der Waals surface area contributed by atoms with Crippen molar-refractivity contribution in [1.82, 2.24) is 13.9 Å². The van der Waals surface area contributed by atoms with Gasteiger partial charge in [-0.25, -0.2) is 28.3 Å². The Labute approximate surface area is 152 Å². The third kappa shape index (κ3) is 6.24. The lowest BCUT2D eigenvalue weighted by atomic mass is 10.3. The number of nitrogens with zero attached hydrogens (tertiary/aromatic N) is 3. The van der Waals surface area contributed by atoms with Gasteiger partial charge >= 0.3 is 35.0 Å². The van der Waals surface area contributed by atoms with Crippen LogP contribution >= 0.6 is 0 Å². The predicted molar refractivity (Wildman–Crippen MR) is 89.5 cm³/mol. The van der Waals surface area contributed by atoms with Gasteiger partial charge in [0, 0.05) is 32.4 Å². The molecule has 12 nitrogen and oxygen atoms in total. The van der Waals surface area contributed by atoms with Gasteiger partial charge in [-0.2, -0.15) is 0 Å². The molecule has 0 spiro atoms. The van der Waals surface area contributed by atoms with E-state index in [1.807, 2.05) is 0 Å². The topological polar surface area (TPSA) is 167 Å². The molecule has 1 aromatic rings. The third-order valence-corrected chi connectivity index (χ3v) is 3.46. The lowest BCUT2D eigenvalue weighted by molar-refractivity contribution is -0.145. The molecule has 1 aromatic heterocycles. The Morgan fingerprint density at radius 2 is 1.26 bits per heavy atom. The molecule has 0 unspecified atom stereocenters. The van der Waals surface area contributed by atoms with Gasteiger partial charge < -0.3 is 15.1 Å². The van der Waals surface area contributed by atoms with Gasteiger partial charge in [0.05, 0.1) is 0 Å². The molecule has 0 fully saturated rings. The molecule has 0 aliphatic heterocycles. The normalized spacial score (nSPS) is 10.6. The summed E-state index contributed by atoms with van der Waals surface area (Å²) in [5.74, 6) is -3.12. The average Bonchev–Trinajstić information content (AvgIpc) is 2.57. The van der Waals surface area contributed by atoms with Gasteiger partial charge in [-0.15, -0.1) is 0 Å². The summed E-state index contributed by atoms with van der Waals surface area (Å²) in [6.45, 7) is 1.06. The monoisotopic (exact) mass is 387 g/mol. The highest BCUT2D eigenvalue weighted by Gasteiger charge is 2.19. The maximum Gasteiger partial charge on any atom is 0.370 e. The summed E-state index contributed by atoms with van der Waals surface area (Å²) < 4.78 is 1.32. The van der Waals surface area contributed by atoms with Crippen molar-refractivity contribution in [2.24, 2.45) is 0 Å². The van der Waals surface area contributed by atoms with Crippen molar-refractivity contribution >= 4 is 17.9 Å². The van der Waals surface area contributed by atoms with Crippen LogP contribution in [0.4, 0.5) is 0 Å². The molecule has 1 heterocycles. The highest BCUT2D eigenvalue weighted by Crippen LogP contribution is 1.93. The van der Waals surface area contributed by atoms with Gasteiger partial charge in [0.15, 0.2) is 0 Å². The second kappa shape index (κ2) is 10.1. The highest BCUT2D eigenvalue weighted by molar-refractivity contribution is 5.69. The second-order valence-corrected chi connectivity index (χ2v) is 5.65. The molecular formula is C15H21N3O9. The fourth-order valence-electron chi connectivity index (χ4n) is 2.20. The van der Waals surface area contributed by atoms with Crippen LogP contribution in [-0.2, 0) is 27.5 Å². The molecule has 12 heteroatoms. The van der Waals surface area contributed by atoms with E-state index in [0.717, 1.165) is 0 Å². The molecule has 0 aliphatic rings. The smallest absolute Gasteiger partial charge is 0.370 e. The van der Waals surface area contributed by atoms with E-state index in [4.69, 9.17) is 15.1 Å². The van der Waals surface area contributed by atoms with Crippen LogP contribution in [0.2, 0.25) is 0 Å². The summed E-state index contributed by atoms with van der Waals surface area (Å²) in [6.07, 6.45) is -0.442. The summed E-state index contributed by atoms with van der Waals surface area (Å²) in [5.41, 5.74) is -3.42. The summed E-state index contributed by atoms with van der Waals surface area (Å²) in [6, 6.07) is 0. The van der Waals surface area contributed by atoms with Crippen LogP contribution in [0.3, 0.4) is 0 Å². The van der Waals surface area contributed by atoms with Gasteiger partial charge in [-0.05, 0) is 19.3 Å². The number of carbonyl (C=O) groups is 3. The molecule has 0 aliphatic carbocycles. The second-order valence-electron chi connectivity index (χ2n) is 5.65. The number of rotatable bonds is 11. The van der Waals surface area contributed by atoms with Crippen molar-refractivity contribution in [1.29, 1.82) is 0 Å². The Hall–Kier alpha value is -3.18. The SMILES string of the molecule is CCCC(=O)On1c(=O)n(CCCC(=O)O)c(=O)n(CCCC(=O)O)c1=O. The Balaban J connectivity index is 3.34. The minimum Gasteiger partial charge on any atom is -0.481 e. The molecular weight excluding hydrogens is 366 g/mol. The highest BCUT2D eigenvalue weighted by atomic mass is 16.7. The molecule has 0 saturated heterocycles. The minimum atomic E-state index is -1.20. The Bertz CT molecular complexity index is 820. The molecule has 0 amide bonds. The Morgan fingerprint density at radius 1 is 0.815 bits per heavy atom. The van der Waals surface area contributed by atoms with E-state index in [9.17, 15) is 28.8 Å². The Morgan fingerprint density at radius 3 is 1.63 bits per heavy atom.